The number of fused-ring (bicyclic) bond motifs is 3. The third-order valence-corrected chi connectivity index (χ3v) is 5.32. The molecule has 0 bridgehead atoms. The number of nitrogens with one attached hydrogen (secondary N) is 2. The molecule has 1 saturated heterocycles. The van der Waals surface area contributed by atoms with E-state index >= 15 is 0 Å². The summed E-state index contributed by atoms with van der Waals surface area (Å²) in [7, 11) is 1.37. The first kappa shape index (κ1) is 18.4. The van der Waals surface area contributed by atoms with E-state index in [0.29, 0.717) is 17.0 Å². The number of hydrogen-bond donors (Lipinski definition) is 2. The lowest BCUT2D eigenvalue weighted by atomic mass is 10.1. The predicted octanol–water partition coefficient (Wildman–Crippen LogP) is 3.48. The van der Waals surface area contributed by atoms with Crippen LogP contribution in [0.4, 0.5) is 17.2 Å². The van der Waals surface area contributed by atoms with E-state index in [4.69, 9.17) is 9.47 Å². The molecule has 0 amide bonds. The number of carbonyl (C=O) groups excluding carboxylic acids is 1. The summed E-state index contributed by atoms with van der Waals surface area (Å²) < 4.78 is 10.2. The molecule has 0 unspecified atom stereocenters. The zero-order chi connectivity index (χ0) is 20.5. The number of nitrogens with zero attached hydrogens (tertiary/aromatic N) is 3. The number of H-pyrrole nitrogens is 1. The van der Waals surface area contributed by atoms with Gasteiger partial charge >= 0.3 is 5.97 Å². The Hall–Kier alpha value is -3.65. The minimum absolute atomic E-state index is 0.375. The van der Waals surface area contributed by atoms with Crippen molar-refractivity contribution in [2.45, 2.75) is 0 Å². The highest BCUT2D eigenvalue weighted by atomic mass is 16.5. The molecule has 30 heavy (non-hydrogen) atoms. The zero-order valence-electron chi connectivity index (χ0n) is 16.5. The van der Waals surface area contributed by atoms with Gasteiger partial charge in [-0.1, -0.05) is 6.07 Å². The highest BCUT2D eigenvalue weighted by Gasteiger charge is 2.15. The molecule has 1 fully saturated rings. The number of aromatic amines is 1. The molecular formula is C22H21N5O3. The molecule has 3 heterocycles. The molecule has 2 aromatic carbocycles. The Morgan fingerprint density at radius 2 is 1.93 bits per heavy atom. The van der Waals surface area contributed by atoms with Crippen LogP contribution >= 0.6 is 0 Å². The molecule has 1 aliphatic rings. The first-order chi connectivity index (χ1) is 14.7. The summed E-state index contributed by atoms with van der Waals surface area (Å²) in [6, 6.07) is 13.7. The predicted molar refractivity (Wildman–Crippen MR) is 115 cm³/mol. The number of esters is 1. The van der Waals surface area contributed by atoms with Gasteiger partial charge in [-0.15, -0.1) is 0 Å². The van der Waals surface area contributed by atoms with Gasteiger partial charge in [0.2, 0.25) is 0 Å². The van der Waals surface area contributed by atoms with Crippen LogP contribution in [-0.4, -0.2) is 54.3 Å². The fourth-order valence-electron chi connectivity index (χ4n) is 3.78. The maximum atomic E-state index is 11.8. The van der Waals surface area contributed by atoms with Crippen LogP contribution in [0.5, 0.6) is 0 Å². The molecule has 8 heteroatoms. The summed E-state index contributed by atoms with van der Waals surface area (Å²) >= 11 is 0. The lowest BCUT2D eigenvalue weighted by Gasteiger charge is -2.28. The molecule has 0 radical (unpaired) electrons. The van der Waals surface area contributed by atoms with Gasteiger partial charge in [0.05, 0.1) is 31.3 Å². The second kappa shape index (κ2) is 7.64. The van der Waals surface area contributed by atoms with Crippen molar-refractivity contribution in [3.63, 3.8) is 0 Å². The van der Waals surface area contributed by atoms with Gasteiger partial charge in [0.1, 0.15) is 17.8 Å². The van der Waals surface area contributed by atoms with Crippen molar-refractivity contribution in [2.75, 3.05) is 43.6 Å². The van der Waals surface area contributed by atoms with Gasteiger partial charge in [0.15, 0.2) is 0 Å². The summed E-state index contributed by atoms with van der Waals surface area (Å²) in [4.78, 5) is 26.2. The van der Waals surface area contributed by atoms with Crippen LogP contribution in [0.1, 0.15) is 10.4 Å². The lowest BCUT2D eigenvalue weighted by Crippen LogP contribution is -2.36. The average Bonchev–Trinajstić information content (AvgIpc) is 3.18. The maximum Gasteiger partial charge on any atom is 0.337 e. The van der Waals surface area contributed by atoms with E-state index in [1.54, 1.807) is 12.1 Å². The van der Waals surface area contributed by atoms with Crippen LogP contribution in [-0.2, 0) is 9.47 Å². The van der Waals surface area contributed by atoms with Crippen LogP contribution < -0.4 is 10.2 Å². The van der Waals surface area contributed by atoms with Gasteiger partial charge < -0.3 is 24.7 Å². The van der Waals surface area contributed by atoms with Gasteiger partial charge in [-0.2, -0.15) is 0 Å². The fourth-order valence-corrected chi connectivity index (χ4v) is 3.78. The molecule has 2 N–H and O–H groups in total. The quantitative estimate of drug-likeness (QED) is 0.504. The normalized spacial score (nSPS) is 14.2. The Morgan fingerprint density at radius 3 is 2.70 bits per heavy atom. The van der Waals surface area contributed by atoms with Crippen LogP contribution in [0.3, 0.4) is 0 Å². The first-order valence-electron chi connectivity index (χ1n) is 9.77. The number of methoxy groups -OCH3 is 1. The number of carbonyl (C=O) groups is 1. The summed E-state index contributed by atoms with van der Waals surface area (Å²) in [5.41, 5.74) is 4.11. The van der Waals surface area contributed by atoms with E-state index in [9.17, 15) is 4.79 Å². The highest BCUT2D eigenvalue weighted by molar-refractivity contribution is 6.12. The Morgan fingerprint density at radius 1 is 1.13 bits per heavy atom. The van der Waals surface area contributed by atoms with Gasteiger partial charge in [0, 0.05) is 35.4 Å². The van der Waals surface area contributed by atoms with Crippen molar-refractivity contribution in [3.05, 3.63) is 54.4 Å². The molecule has 0 aliphatic carbocycles. The molecule has 0 atom stereocenters. The van der Waals surface area contributed by atoms with E-state index in [1.807, 2.05) is 18.2 Å². The summed E-state index contributed by atoms with van der Waals surface area (Å²) in [6.45, 7) is 3.33. The standard InChI is InChI=1S/C22H21N5O3/c1-29-22(28)14-2-7-17-18(12-14)26-21-19(17)20(23-13-24-21)25-15-3-5-16(6-4-15)27-8-10-30-11-9-27/h2-7,12-13H,8-11H2,1H3,(H2,23,24,25,26). The van der Waals surface area contributed by atoms with Gasteiger partial charge in [0.25, 0.3) is 0 Å². The van der Waals surface area contributed by atoms with E-state index in [2.05, 4.69) is 37.3 Å². The third kappa shape index (κ3) is 3.31. The van der Waals surface area contributed by atoms with E-state index < -0.39 is 0 Å². The maximum absolute atomic E-state index is 11.8. The third-order valence-electron chi connectivity index (χ3n) is 5.32. The molecule has 4 aromatic rings. The van der Waals surface area contributed by atoms with Crippen molar-refractivity contribution >= 4 is 45.1 Å². The largest absolute Gasteiger partial charge is 0.465 e. The first-order valence-corrected chi connectivity index (χ1v) is 9.77. The number of aromatic nitrogens is 3. The minimum Gasteiger partial charge on any atom is -0.465 e. The molecule has 152 valence electrons. The number of anilines is 3. The average molecular weight is 403 g/mol. The zero-order valence-corrected chi connectivity index (χ0v) is 16.5. The highest BCUT2D eigenvalue weighted by Crippen LogP contribution is 2.31. The number of ether oxygens (including phenoxy) is 2. The van der Waals surface area contributed by atoms with Gasteiger partial charge in [-0.05, 0) is 36.4 Å². The molecule has 0 spiro atoms. The van der Waals surface area contributed by atoms with Crippen molar-refractivity contribution in [1.29, 1.82) is 0 Å². The van der Waals surface area contributed by atoms with Crippen LogP contribution in [0.25, 0.3) is 21.9 Å². The van der Waals surface area contributed by atoms with E-state index in [1.165, 1.54) is 19.1 Å². The summed E-state index contributed by atoms with van der Waals surface area (Å²) in [5.74, 6) is 0.330. The van der Waals surface area contributed by atoms with Crippen LogP contribution in [0, 0.1) is 0 Å². The SMILES string of the molecule is COC(=O)c1ccc2c(c1)[nH]c1ncnc(Nc3ccc(N4CCOCC4)cc3)c12. The van der Waals surface area contributed by atoms with Crippen molar-refractivity contribution in [3.8, 4) is 0 Å². The smallest absolute Gasteiger partial charge is 0.337 e. The minimum atomic E-state index is -0.375. The molecule has 5 rings (SSSR count). The van der Waals surface area contributed by atoms with Crippen molar-refractivity contribution in [2.24, 2.45) is 0 Å². The number of morpholine rings is 1. The second-order valence-corrected chi connectivity index (χ2v) is 7.09. The fraction of sp³-hybridized carbons (Fsp3) is 0.227. The molecule has 0 saturated carbocycles. The molecule has 2 aromatic heterocycles. The molecule has 1 aliphatic heterocycles. The summed E-state index contributed by atoms with van der Waals surface area (Å²) in [5, 5.41) is 5.21. The Bertz CT molecular complexity index is 1210. The van der Waals surface area contributed by atoms with Crippen LogP contribution in [0.15, 0.2) is 48.8 Å². The summed E-state index contributed by atoms with van der Waals surface area (Å²) in [6.07, 6.45) is 1.52. The second-order valence-electron chi connectivity index (χ2n) is 7.09. The molecule has 8 nitrogen and oxygen atoms in total. The van der Waals surface area contributed by atoms with Crippen molar-refractivity contribution in [1.82, 2.24) is 15.0 Å². The lowest BCUT2D eigenvalue weighted by molar-refractivity contribution is 0.0601. The Kier molecular flexibility index (Phi) is 4.68. The van der Waals surface area contributed by atoms with Crippen LogP contribution in [0.2, 0.25) is 0 Å². The number of rotatable bonds is 4. The van der Waals surface area contributed by atoms with Gasteiger partial charge in [-0.3, -0.25) is 0 Å². The van der Waals surface area contributed by atoms with E-state index in [0.717, 1.165) is 48.3 Å². The number of benzene rings is 2. The monoisotopic (exact) mass is 403 g/mol. The topological polar surface area (TPSA) is 92.4 Å². The molecular weight excluding hydrogens is 382 g/mol. The number of hydrogen-bond acceptors (Lipinski definition) is 7. The van der Waals surface area contributed by atoms with Crippen molar-refractivity contribution < 1.29 is 14.3 Å². The van der Waals surface area contributed by atoms with E-state index in [-0.39, 0.29) is 5.97 Å². The van der Waals surface area contributed by atoms with Gasteiger partial charge in [-0.25, -0.2) is 14.8 Å². The Labute approximate surface area is 172 Å². The Balaban J connectivity index is 1.47.